The van der Waals surface area contributed by atoms with Gasteiger partial charge in [-0.25, -0.2) is 9.18 Å². The van der Waals surface area contributed by atoms with Gasteiger partial charge in [-0.05, 0) is 30.9 Å². The lowest BCUT2D eigenvalue weighted by molar-refractivity contribution is 0.104. The topological polar surface area (TPSA) is 29.5 Å². The molecule has 16 heavy (non-hydrogen) atoms. The van der Waals surface area contributed by atoms with Crippen LogP contribution in [0.1, 0.15) is 18.4 Å². The highest BCUT2D eigenvalue weighted by molar-refractivity contribution is 5.88. The van der Waals surface area contributed by atoms with Crippen molar-refractivity contribution in [1.29, 1.82) is 0 Å². The number of para-hydroxylation sites is 1. The summed E-state index contributed by atoms with van der Waals surface area (Å²) in [5.41, 5.74) is 1.97. The molecule has 1 amide bonds. The molecule has 0 radical (unpaired) electrons. The van der Waals surface area contributed by atoms with Gasteiger partial charge in [0.2, 0.25) is 6.86 Å². The summed E-state index contributed by atoms with van der Waals surface area (Å²) in [6, 6.07) is 7.69. The van der Waals surface area contributed by atoms with Crippen molar-refractivity contribution in [3.8, 4) is 0 Å². The third kappa shape index (κ3) is 2.15. The van der Waals surface area contributed by atoms with Crippen LogP contribution in [0.15, 0.2) is 24.3 Å². The van der Waals surface area contributed by atoms with Crippen molar-refractivity contribution in [3.63, 3.8) is 0 Å². The molecule has 0 atom stereocenters. The zero-order valence-electron chi connectivity index (χ0n) is 8.99. The third-order valence-electron chi connectivity index (χ3n) is 2.76. The van der Waals surface area contributed by atoms with Crippen molar-refractivity contribution >= 4 is 11.8 Å². The molecule has 0 spiro atoms. The Morgan fingerprint density at radius 1 is 1.38 bits per heavy atom. The number of benzene rings is 1. The van der Waals surface area contributed by atoms with E-state index in [0.29, 0.717) is 6.54 Å². The average Bonchev–Trinajstić information content (AvgIpc) is 2.51. The lowest BCUT2D eigenvalue weighted by Crippen LogP contribution is -2.32. The van der Waals surface area contributed by atoms with Crippen LogP contribution in [0.25, 0.3) is 0 Å². The van der Waals surface area contributed by atoms with Crippen LogP contribution in [-0.4, -0.2) is 19.5 Å². The summed E-state index contributed by atoms with van der Waals surface area (Å²) in [6.45, 7) is -0.479. The predicted octanol–water partition coefficient (Wildman–Crippen LogP) is 2.89. The van der Waals surface area contributed by atoms with E-state index in [0.717, 1.165) is 30.5 Å². The van der Waals surface area contributed by atoms with Gasteiger partial charge in [-0.3, -0.25) is 4.90 Å². The second-order valence-corrected chi connectivity index (χ2v) is 3.76. The lowest BCUT2D eigenvalue weighted by atomic mass is 10.1. The number of nitrogens with zero attached hydrogens (tertiary/aromatic N) is 1. The van der Waals surface area contributed by atoms with Crippen LogP contribution in [0.2, 0.25) is 0 Å². The van der Waals surface area contributed by atoms with E-state index in [1.54, 1.807) is 0 Å². The van der Waals surface area contributed by atoms with E-state index in [1.165, 1.54) is 4.90 Å². The van der Waals surface area contributed by atoms with Gasteiger partial charge in [-0.1, -0.05) is 18.2 Å². The largest absolute Gasteiger partial charge is 0.417 e. The van der Waals surface area contributed by atoms with Gasteiger partial charge in [0, 0.05) is 6.54 Å². The molecule has 0 saturated heterocycles. The predicted molar refractivity (Wildman–Crippen MR) is 59.2 cm³/mol. The Bertz CT molecular complexity index is 381. The molecule has 0 saturated carbocycles. The number of rotatable bonds is 1. The number of aryl methyl sites for hydroxylation is 1. The van der Waals surface area contributed by atoms with E-state index in [1.807, 2.05) is 24.3 Å². The summed E-state index contributed by atoms with van der Waals surface area (Å²) in [5, 5.41) is 0. The van der Waals surface area contributed by atoms with Gasteiger partial charge >= 0.3 is 6.09 Å². The maximum Gasteiger partial charge on any atom is 0.416 e. The average molecular weight is 223 g/mol. The SMILES string of the molecule is O=C(OCF)N1CCCCc2ccccc21. The fraction of sp³-hybridized carbons (Fsp3) is 0.417. The highest BCUT2D eigenvalue weighted by Crippen LogP contribution is 2.26. The molecular formula is C12H14FNO2. The first-order chi connectivity index (χ1) is 7.83. The van der Waals surface area contributed by atoms with Crippen LogP contribution in [0.4, 0.5) is 14.9 Å². The number of anilines is 1. The standard InChI is InChI=1S/C12H14FNO2/c13-9-16-12(15)14-8-4-3-6-10-5-1-2-7-11(10)14/h1-2,5,7H,3-4,6,8-9H2. The summed E-state index contributed by atoms with van der Waals surface area (Å²) in [5.74, 6) is 0. The first kappa shape index (κ1) is 10.9. The Labute approximate surface area is 93.8 Å². The monoisotopic (exact) mass is 223 g/mol. The first-order valence-electron chi connectivity index (χ1n) is 5.41. The van der Waals surface area contributed by atoms with E-state index < -0.39 is 13.0 Å². The molecular weight excluding hydrogens is 209 g/mol. The first-order valence-corrected chi connectivity index (χ1v) is 5.41. The molecule has 1 aliphatic rings. The highest BCUT2D eigenvalue weighted by atomic mass is 19.1. The van der Waals surface area contributed by atoms with Gasteiger partial charge in [0.25, 0.3) is 0 Å². The van der Waals surface area contributed by atoms with Crippen LogP contribution < -0.4 is 4.90 Å². The van der Waals surface area contributed by atoms with Crippen molar-refractivity contribution in [2.75, 3.05) is 18.3 Å². The van der Waals surface area contributed by atoms with Crippen LogP contribution in [0, 0.1) is 0 Å². The Morgan fingerprint density at radius 2 is 2.19 bits per heavy atom. The molecule has 3 nitrogen and oxygen atoms in total. The van der Waals surface area contributed by atoms with Crippen LogP contribution in [0.3, 0.4) is 0 Å². The summed E-state index contributed by atoms with van der Waals surface area (Å²) in [6.07, 6.45) is 2.30. The van der Waals surface area contributed by atoms with Crippen molar-refractivity contribution in [2.24, 2.45) is 0 Å². The minimum absolute atomic E-state index is 0.593. The molecule has 1 aliphatic heterocycles. The number of carbonyl (C=O) groups is 1. The molecule has 0 unspecified atom stereocenters. The number of ether oxygens (including phenoxy) is 1. The number of halogens is 1. The maximum absolute atomic E-state index is 12.0. The molecule has 0 N–H and O–H groups in total. The van der Waals surface area contributed by atoms with Gasteiger partial charge < -0.3 is 4.74 Å². The van der Waals surface area contributed by atoms with Crippen LogP contribution in [0.5, 0.6) is 0 Å². The lowest BCUT2D eigenvalue weighted by Gasteiger charge is -2.21. The second kappa shape index (κ2) is 4.96. The number of hydrogen-bond donors (Lipinski definition) is 0. The number of hydrogen-bond acceptors (Lipinski definition) is 2. The maximum atomic E-state index is 12.0. The minimum Gasteiger partial charge on any atom is -0.417 e. The number of alkyl halides is 1. The summed E-state index contributed by atoms with van der Waals surface area (Å²) < 4.78 is 16.4. The Balaban J connectivity index is 2.28. The molecule has 1 heterocycles. The quantitative estimate of drug-likeness (QED) is 0.732. The fourth-order valence-corrected chi connectivity index (χ4v) is 2.01. The van der Waals surface area contributed by atoms with E-state index in [-0.39, 0.29) is 0 Å². The normalized spacial score (nSPS) is 15.2. The van der Waals surface area contributed by atoms with Crippen molar-refractivity contribution in [2.45, 2.75) is 19.3 Å². The fourth-order valence-electron chi connectivity index (χ4n) is 2.01. The van der Waals surface area contributed by atoms with Crippen molar-refractivity contribution in [3.05, 3.63) is 29.8 Å². The Kier molecular flexibility index (Phi) is 3.39. The minimum atomic E-state index is -1.07. The van der Waals surface area contributed by atoms with Crippen LogP contribution in [-0.2, 0) is 11.2 Å². The van der Waals surface area contributed by atoms with Gasteiger partial charge in [-0.15, -0.1) is 0 Å². The molecule has 1 aromatic rings. The molecule has 1 aromatic carbocycles. The van der Waals surface area contributed by atoms with Gasteiger partial charge in [-0.2, -0.15) is 0 Å². The summed E-state index contributed by atoms with van der Waals surface area (Å²) >= 11 is 0. The molecule has 86 valence electrons. The van der Waals surface area contributed by atoms with Gasteiger partial charge in [0.05, 0.1) is 5.69 Å². The highest BCUT2D eigenvalue weighted by Gasteiger charge is 2.21. The second-order valence-electron chi connectivity index (χ2n) is 3.76. The Hall–Kier alpha value is -1.58. The third-order valence-corrected chi connectivity index (χ3v) is 2.76. The van der Waals surface area contributed by atoms with E-state index in [4.69, 9.17) is 0 Å². The molecule has 4 heteroatoms. The molecule has 2 rings (SSSR count). The molecule has 0 aliphatic carbocycles. The number of fused-ring (bicyclic) bond motifs is 1. The van der Waals surface area contributed by atoms with Crippen LogP contribution >= 0.6 is 0 Å². The van der Waals surface area contributed by atoms with Crippen molar-refractivity contribution in [1.82, 2.24) is 0 Å². The molecule has 0 aromatic heterocycles. The van der Waals surface area contributed by atoms with Crippen molar-refractivity contribution < 1.29 is 13.9 Å². The summed E-state index contributed by atoms with van der Waals surface area (Å²) in [4.78, 5) is 13.1. The Morgan fingerprint density at radius 3 is 3.00 bits per heavy atom. The molecule has 0 bridgehead atoms. The zero-order valence-corrected chi connectivity index (χ0v) is 8.99. The smallest absolute Gasteiger partial charge is 0.416 e. The zero-order chi connectivity index (χ0) is 11.4. The van der Waals surface area contributed by atoms with E-state index in [2.05, 4.69) is 4.74 Å². The van der Waals surface area contributed by atoms with E-state index in [9.17, 15) is 9.18 Å². The number of carbonyl (C=O) groups excluding carboxylic acids is 1. The van der Waals surface area contributed by atoms with Gasteiger partial charge in [0.15, 0.2) is 0 Å². The summed E-state index contributed by atoms with van der Waals surface area (Å²) in [7, 11) is 0. The molecule has 0 fully saturated rings. The number of amides is 1. The van der Waals surface area contributed by atoms with E-state index >= 15 is 0 Å². The van der Waals surface area contributed by atoms with Gasteiger partial charge in [0.1, 0.15) is 0 Å².